The molecule has 3 atom stereocenters. The molecule has 1 fully saturated rings. The fourth-order valence-corrected chi connectivity index (χ4v) is 3.24. The van der Waals surface area contributed by atoms with Crippen LogP contribution in [0.2, 0.25) is 0 Å². The van der Waals surface area contributed by atoms with Crippen molar-refractivity contribution in [1.29, 1.82) is 0 Å². The van der Waals surface area contributed by atoms with Gasteiger partial charge in [0.1, 0.15) is 5.60 Å². The fourth-order valence-electron chi connectivity index (χ4n) is 3.24. The van der Waals surface area contributed by atoms with Crippen LogP contribution in [0.5, 0.6) is 0 Å². The van der Waals surface area contributed by atoms with Crippen molar-refractivity contribution >= 4 is 12.0 Å². The van der Waals surface area contributed by atoms with Gasteiger partial charge in [-0.15, -0.1) is 0 Å². The number of hydrogen-bond acceptors (Lipinski definition) is 3. The van der Waals surface area contributed by atoms with Crippen LogP contribution < -0.4 is 5.32 Å². The Bertz CT molecular complexity index is 595. The van der Waals surface area contributed by atoms with E-state index < -0.39 is 5.60 Å². The third kappa shape index (κ3) is 5.48. The second kappa shape index (κ2) is 7.89. The third-order valence-electron chi connectivity index (χ3n) is 4.55. The zero-order chi connectivity index (χ0) is 18.6. The summed E-state index contributed by atoms with van der Waals surface area (Å²) in [5.74, 6) is -0.00608. The maximum absolute atomic E-state index is 12.8. The van der Waals surface area contributed by atoms with Crippen LogP contribution in [0.1, 0.15) is 58.9 Å². The van der Waals surface area contributed by atoms with E-state index in [1.165, 1.54) is 0 Å². The largest absolute Gasteiger partial charge is 0.444 e. The summed E-state index contributed by atoms with van der Waals surface area (Å²) in [6.07, 6.45) is 1.10. The van der Waals surface area contributed by atoms with Gasteiger partial charge in [-0.05, 0) is 53.0 Å². The molecule has 0 spiro atoms. The molecule has 0 radical (unpaired) electrons. The normalized spacial score (nSPS) is 22.2. The number of piperidine rings is 1. The summed E-state index contributed by atoms with van der Waals surface area (Å²) in [6, 6.07) is 9.98. The quantitative estimate of drug-likeness (QED) is 0.908. The van der Waals surface area contributed by atoms with E-state index in [0.717, 1.165) is 18.4 Å². The van der Waals surface area contributed by atoms with Crippen molar-refractivity contribution < 1.29 is 14.3 Å². The lowest BCUT2D eigenvalue weighted by Crippen LogP contribution is -2.52. The van der Waals surface area contributed by atoms with Gasteiger partial charge in [-0.1, -0.05) is 30.3 Å². The number of nitrogens with zero attached hydrogens (tertiary/aromatic N) is 1. The van der Waals surface area contributed by atoms with Crippen LogP contribution in [-0.4, -0.2) is 41.1 Å². The van der Waals surface area contributed by atoms with Gasteiger partial charge in [0, 0.05) is 18.6 Å². The van der Waals surface area contributed by atoms with Crippen LogP contribution >= 0.6 is 0 Å². The van der Waals surface area contributed by atoms with Crippen LogP contribution in [0.25, 0.3) is 0 Å². The molecule has 0 aliphatic carbocycles. The summed E-state index contributed by atoms with van der Waals surface area (Å²) < 4.78 is 5.32. The number of carbonyl (C=O) groups excluding carboxylic acids is 2. The van der Waals surface area contributed by atoms with Crippen LogP contribution in [0.15, 0.2) is 30.3 Å². The average molecular weight is 346 g/mol. The van der Waals surface area contributed by atoms with Crippen LogP contribution in [-0.2, 0) is 9.53 Å². The van der Waals surface area contributed by atoms with Crippen LogP contribution in [0.3, 0.4) is 0 Å². The van der Waals surface area contributed by atoms with Gasteiger partial charge in [-0.3, -0.25) is 4.79 Å². The zero-order valence-corrected chi connectivity index (χ0v) is 15.9. The Morgan fingerprint density at radius 3 is 2.44 bits per heavy atom. The summed E-state index contributed by atoms with van der Waals surface area (Å²) in [5, 5.41) is 2.93. The molecule has 1 aliphatic rings. The Kier molecular flexibility index (Phi) is 6.09. The molecule has 1 heterocycles. The molecule has 5 nitrogen and oxygen atoms in total. The molecule has 138 valence electrons. The first-order valence-electron chi connectivity index (χ1n) is 9.02. The lowest BCUT2D eigenvalue weighted by Gasteiger charge is -2.39. The van der Waals surface area contributed by atoms with Gasteiger partial charge in [-0.2, -0.15) is 0 Å². The van der Waals surface area contributed by atoms with E-state index in [2.05, 4.69) is 5.32 Å². The van der Waals surface area contributed by atoms with E-state index in [1.54, 1.807) is 0 Å². The molecule has 0 saturated carbocycles. The van der Waals surface area contributed by atoms with Crippen molar-refractivity contribution in [3.63, 3.8) is 0 Å². The first-order chi connectivity index (χ1) is 11.7. The molecular weight excluding hydrogens is 316 g/mol. The molecule has 5 heteroatoms. The van der Waals surface area contributed by atoms with Crippen molar-refractivity contribution in [3.8, 4) is 0 Å². The highest BCUT2D eigenvalue weighted by molar-refractivity contribution is 5.83. The highest BCUT2D eigenvalue weighted by Gasteiger charge is 2.32. The predicted molar refractivity (Wildman–Crippen MR) is 98.4 cm³/mol. The average Bonchev–Trinajstić information content (AvgIpc) is 2.52. The standard InChI is InChI=1S/C20H30N2O3/c1-14-13-17(21-19(24)25-20(3,4)5)11-12-22(14)18(23)15(2)16-9-7-6-8-10-16/h6-10,14-15,17H,11-13H2,1-5H3,(H,21,24)/t14?,15-,17?/m1/s1. The summed E-state index contributed by atoms with van der Waals surface area (Å²) >= 11 is 0. The number of amides is 2. The highest BCUT2D eigenvalue weighted by atomic mass is 16.6. The molecule has 1 saturated heterocycles. The van der Waals surface area contributed by atoms with Gasteiger partial charge in [-0.25, -0.2) is 4.79 Å². The Morgan fingerprint density at radius 1 is 1.24 bits per heavy atom. The minimum Gasteiger partial charge on any atom is -0.444 e. The minimum absolute atomic E-state index is 0.0425. The number of rotatable bonds is 3. The monoisotopic (exact) mass is 346 g/mol. The molecule has 25 heavy (non-hydrogen) atoms. The molecule has 1 aromatic carbocycles. The molecule has 1 aromatic rings. The van der Waals surface area contributed by atoms with Gasteiger partial charge >= 0.3 is 6.09 Å². The SMILES string of the molecule is CC1CC(NC(=O)OC(C)(C)C)CCN1C(=O)[C@H](C)c1ccccc1. The predicted octanol–water partition coefficient (Wildman–Crippen LogP) is 3.69. The van der Waals surface area contributed by atoms with Gasteiger partial charge in [0.15, 0.2) is 0 Å². The third-order valence-corrected chi connectivity index (χ3v) is 4.55. The van der Waals surface area contributed by atoms with E-state index in [1.807, 2.05) is 69.9 Å². The Morgan fingerprint density at radius 2 is 1.88 bits per heavy atom. The topological polar surface area (TPSA) is 58.6 Å². The van der Waals surface area contributed by atoms with Crippen molar-refractivity contribution in [2.45, 2.75) is 71.1 Å². The Labute approximate surface area is 150 Å². The van der Waals surface area contributed by atoms with Crippen molar-refractivity contribution in [1.82, 2.24) is 10.2 Å². The molecule has 1 aliphatic heterocycles. The van der Waals surface area contributed by atoms with Crippen LogP contribution in [0, 0.1) is 0 Å². The molecule has 2 rings (SSSR count). The number of ether oxygens (including phenoxy) is 1. The summed E-state index contributed by atoms with van der Waals surface area (Å²) in [7, 11) is 0. The smallest absolute Gasteiger partial charge is 0.407 e. The number of alkyl carbamates (subject to hydrolysis) is 1. The summed E-state index contributed by atoms with van der Waals surface area (Å²) in [6.45, 7) is 10.2. The van der Waals surface area contributed by atoms with E-state index in [-0.39, 0.29) is 30.0 Å². The van der Waals surface area contributed by atoms with Gasteiger partial charge in [0.2, 0.25) is 5.91 Å². The second-order valence-electron chi connectivity index (χ2n) is 7.88. The van der Waals surface area contributed by atoms with Crippen LogP contribution in [0.4, 0.5) is 4.79 Å². The number of hydrogen-bond donors (Lipinski definition) is 1. The molecule has 0 aromatic heterocycles. The maximum atomic E-state index is 12.8. The van der Waals surface area contributed by atoms with Crippen molar-refractivity contribution in [2.75, 3.05) is 6.54 Å². The molecule has 1 N–H and O–H groups in total. The molecule has 0 bridgehead atoms. The van der Waals surface area contributed by atoms with Gasteiger partial charge in [0.25, 0.3) is 0 Å². The second-order valence-corrected chi connectivity index (χ2v) is 7.88. The zero-order valence-electron chi connectivity index (χ0n) is 15.9. The number of likely N-dealkylation sites (tertiary alicyclic amines) is 1. The van der Waals surface area contributed by atoms with E-state index in [0.29, 0.717) is 6.54 Å². The van der Waals surface area contributed by atoms with E-state index >= 15 is 0 Å². The van der Waals surface area contributed by atoms with E-state index in [4.69, 9.17) is 4.74 Å². The minimum atomic E-state index is -0.502. The highest BCUT2D eigenvalue weighted by Crippen LogP contribution is 2.24. The van der Waals surface area contributed by atoms with Crippen molar-refractivity contribution in [3.05, 3.63) is 35.9 Å². The number of benzene rings is 1. The molecule has 2 amide bonds. The van der Waals surface area contributed by atoms with E-state index in [9.17, 15) is 9.59 Å². The first kappa shape index (κ1) is 19.3. The summed E-state index contributed by atoms with van der Waals surface area (Å²) in [4.78, 5) is 26.7. The fraction of sp³-hybridized carbons (Fsp3) is 0.600. The number of nitrogens with one attached hydrogen (secondary N) is 1. The Balaban J connectivity index is 1.91. The lowest BCUT2D eigenvalue weighted by atomic mass is 9.94. The summed E-state index contributed by atoms with van der Waals surface area (Å²) in [5.41, 5.74) is 0.533. The maximum Gasteiger partial charge on any atom is 0.407 e. The van der Waals surface area contributed by atoms with Crippen molar-refractivity contribution in [2.24, 2.45) is 0 Å². The van der Waals surface area contributed by atoms with Gasteiger partial charge in [0.05, 0.1) is 5.92 Å². The number of carbonyl (C=O) groups is 2. The van der Waals surface area contributed by atoms with Gasteiger partial charge < -0.3 is 15.0 Å². The Hall–Kier alpha value is -2.04. The molecular formula is C20H30N2O3. The first-order valence-corrected chi connectivity index (χ1v) is 9.02. The lowest BCUT2D eigenvalue weighted by molar-refractivity contribution is -0.136. The molecule has 2 unspecified atom stereocenters.